The van der Waals surface area contributed by atoms with Crippen LogP contribution in [0.2, 0.25) is 5.02 Å². The minimum Gasteiger partial charge on any atom is -0.490 e. The summed E-state index contributed by atoms with van der Waals surface area (Å²) in [6, 6.07) is 11.0. The molecule has 10 nitrogen and oxygen atoms in total. The van der Waals surface area contributed by atoms with Crippen LogP contribution in [0.3, 0.4) is 0 Å². The number of nitro groups is 1. The van der Waals surface area contributed by atoms with Gasteiger partial charge in [0.05, 0.1) is 23.6 Å². The van der Waals surface area contributed by atoms with Gasteiger partial charge in [-0.15, -0.1) is 0 Å². The predicted molar refractivity (Wildman–Crippen MR) is 102 cm³/mol. The van der Waals surface area contributed by atoms with Gasteiger partial charge in [-0.3, -0.25) is 14.9 Å². The zero-order valence-electron chi connectivity index (χ0n) is 15.1. The van der Waals surface area contributed by atoms with Crippen LogP contribution in [0.15, 0.2) is 47.0 Å². The highest BCUT2D eigenvalue weighted by atomic mass is 35.5. The van der Waals surface area contributed by atoms with Crippen LogP contribution in [-0.2, 0) is 11.3 Å². The first kappa shape index (κ1) is 20.1. The number of ether oxygens (including phenoxy) is 2. The van der Waals surface area contributed by atoms with E-state index in [0.29, 0.717) is 16.4 Å². The maximum absolute atomic E-state index is 12.0. The minimum absolute atomic E-state index is 0.00320. The Morgan fingerprint density at radius 2 is 2.10 bits per heavy atom. The quantitative estimate of drug-likeness (QED) is 0.436. The van der Waals surface area contributed by atoms with Crippen LogP contribution in [0, 0.1) is 10.1 Å². The zero-order chi connectivity index (χ0) is 20.8. The number of benzene rings is 2. The van der Waals surface area contributed by atoms with Crippen LogP contribution >= 0.6 is 11.6 Å². The van der Waals surface area contributed by atoms with Crippen molar-refractivity contribution in [2.24, 2.45) is 0 Å². The van der Waals surface area contributed by atoms with E-state index in [1.165, 1.54) is 25.3 Å². The van der Waals surface area contributed by atoms with Gasteiger partial charge in [-0.2, -0.15) is 4.98 Å². The largest absolute Gasteiger partial charge is 0.490 e. The van der Waals surface area contributed by atoms with Gasteiger partial charge in [0.15, 0.2) is 6.61 Å². The number of carbonyl (C=O) groups is 1. The summed E-state index contributed by atoms with van der Waals surface area (Å²) in [5.74, 6) is 0.353. The SMILES string of the molecule is COc1cc(OCC(=O)NCc2nc(-c3ccccc3Cl)no2)ccc1[N+](=O)[O-]. The van der Waals surface area contributed by atoms with Gasteiger partial charge in [0.1, 0.15) is 5.75 Å². The van der Waals surface area contributed by atoms with Crippen molar-refractivity contribution in [1.29, 1.82) is 0 Å². The molecule has 1 heterocycles. The Morgan fingerprint density at radius 1 is 1.31 bits per heavy atom. The fourth-order valence-corrected chi connectivity index (χ4v) is 2.57. The van der Waals surface area contributed by atoms with Crippen LogP contribution in [-0.4, -0.2) is 34.7 Å². The number of nitrogens with one attached hydrogen (secondary N) is 1. The van der Waals surface area contributed by atoms with Crippen molar-refractivity contribution in [2.45, 2.75) is 6.54 Å². The topological polar surface area (TPSA) is 130 Å². The highest BCUT2D eigenvalue weighted by Gasteiger charge is 2.16. The number of aromatic nitrogens is 2. The van der Waals surface area contributed by atoms with Crippen molar-refractivity contribution >= 4 is 23.2 Å². The van der Waals surface area contributed by atoms with Gasteiger partial charge in [-0.05, 0) is 18.2 Å². The third kappa shape index (κ3) is 4.99. The molecule has 0 aliphatic heterocycles. The first-order valence-corrected chi connectivity index (χ1v) is 8.65. The van der Waals surface area contributed by atoms with Crippen LogP contribution < -0.4 is 14.8 Å². The molecule has 0 aliphatic rings. The monoisotopic (exact) mass is 418 g/mol. The number of carbonyl (C=O) groups excluding carboxylic acids is 1. The molecule has 0 spiro atoms. The maximum Gasteiger partial charge on any atom is 0.311 e. The lowest BCUT2D eigenvalue weighted by atomic mass is 10.2. The molecule has 29 heavy (non-hydrogen) atoms. The zero-order valence-corrected chi connectivity index (χ0v) is 15.9. The number of hydrogen-bond acceptors (Lipinski definition) is 8. The van der Waals surface area contributed by atoms with Crippen molar-refractivity contribution in [3.63, 3.8) is 0 Å². The summed E-state index contributed by atoms with van der Waals surface area (Å²) in [7, 11) is 1.31. The Kier molecular flexibility index (Phi) is 6.25. The minimum atomic E-state index is -0.573. The second kappa shape index (κ2) is 9.02. The molecule has 0 saturated carbocycles. The second-order valence-corrected chi connectivity index (χ2v) is 6.05. The summed E-state index contributed by atoms with van der Waals surface area (Å²) in [6.07, 6.45) is 0. The van der Waals surface area contributed by atoms with E-state index in [2.05, 4.69) is 15.5 Å². The van der Waals surface area contributed by atoms with Gasteiger partial charge in [0.2, 0.25) is 17.5 Å². The number of amides is 1. The van der Waals surface area contributed by atoms with E-state index in [9.17, 15) is 14.9 Å². The predicted octanol–water partition coefficient (Wildman–Crippen LogP) is 3.00. The summed E-state index contributed by atoms with van der Waals surface area (Å²) in [6.45, 7) is -0.310. The van der Waals surface area contributed by atoms with Gasteiger partial charge < -0.3 is 19.3 Å². The first-order valence-electron chi connectivity index (χ1n) is 8.27. The standard InChI is InChI=1S/C18H15ClN4O6/c1-27-15-8-11(6-7-14(15)23(25)26)28-10-16(24)20-9-17-21-18(22-29-17)12-4-2-3-5-13(12)19/h2-8H,9-10H2,1H3,(H,20,24). The molecule has 11 heteroatoms. The Bertz CT molecular complexity index is 1040. The molecule has 0 unspecified atom stereocenters. The lowest BCUT2D eigenvalue weighted by Gasteiger charge is -2.08. The summed E-state index contributed by atoms with van der Waals surface area (Å²) in [4.78, 5) is 26.5. The van der Waals surface area contributed by atoms with E-state index in [1.54, 1.807) is 24.3 Å². The van der Waals surface area contributed by atoms with Gasteiger partial charge >= 0.3 is 5.69 Å². The molecule has 3 aromatic rings. The van der Waals surface area contributed by atoms with E-state index < -0.39 is 10.8 Å². The second-order valence-electron chi connectivity index (χ2n) is 5.65. The van der Waals surface area contributed by atoms with Crippen LogP contribution in [0.1, 0.15) is 5.89 Å². The molecule has 0 atom stereocenters. The third-order valence-electron chi connectivity index (χ3n) is 3.74. The number of halogens is 1. The average Bonchev–Trinajstić information content (AvgIpc) is 3.19. The Labute approximate surface area is 169 Å². The smallest absolute Gasteiger partial charge is 0.311 e. The van der Waals surface area contributed by atoms with Gasteiger partial charge in [-0.25, -0.2) is 0 Å². The molecule has 1 aromatic heterocycles. The molecule has 150 valence electrons. The third-order valence-corrected chi connectivity index (χ3v) is 4.07. The first-order chi connectivity index (χ1) is 14.0. The van der Waals surface area contributed by atoms with Crippen LogP contribution in [0.4, 0.5) is 5.69 Å². The lowest BCUT2D eigenvalue weighted by Crippen LogP contribution is -2.28. The van der Waals surface area contributed by atoms with Crippen molar-refractivity contribution < 1.29 is 23.7 Å². The highest BCUT2D eigenvalue weighted by Crippen LogP contribution is 2.30. The van der Waals surface area contributed by atoms with Crippen molar-refractivity contribution in [1.82, 2.24) is 15.5 Å². The summed E-state index contributed by atoms with van der Waals surface area (Å²) in [5, 5.41) is 17.8. The normalized spacial score (nSPS) is 10.4. The lowest BCUT2D eigenvalue weighted by molar-refractivity contribution is -0.385. The van der Waals surface area contributed by atoms with Crippen LogP contribution in [0.25, 0.3) is 11.4 Å². The van der Waals surface area contributed by atoms with E-state index >= 15 is 0 Å². The molecule has 0 bridgehead atoms. The molecule has 0 fully saturated rings. The number of rotatable bonds is 8. The van der Waals surface area contributed by atoms with E-state index in [0.717, 1.165) is 0 Å². The Balaban J connectivity index is 1.53. The molecule has 0 radical (unpaired) electrons. The highest BCUT2D eigenvalue weighted by molar-refractivity contribution is 6.33. The summed E-state index contributed by atoms with van der Waals surface area (Å²) >= 11 is 6.09. The van der Waals surface area contributed by atoms with E-state index in [1.807, 2.05) is 0 Å². The number of nitrogens with zero attached hydrogens (tertiary/aromatic N) is 3. The Hall–Kier alpha value is -3.66. The van der Waals surface area contributed by atoms with Crippen molar-refractivity contribution in [2.75, 3.05) is 13.7 Å². The Morgan fingerprint density at radius 3 is 2.83 bits per heavy atom. The fraction of sp³-hybridized carbons (Fsp3) is 0.167. The number of nitro benzene ring substituents is 1. The van der Waals surface area contributed by atoms with E-state index in [4.69, 9.17) is 25.6 Å². The fourth-order valence-electron chi connectivity index (χ4n) is 2.35. The molecule has 0 saturated heterocycles. The number of hydrogen-bond donors (Lipinski definition) is 1. The number of methoxy groups -OCH3 is 1. The van der Waals surface area contributed by atoms with Gasteiger partial charge in [0, 0.05) is 17.7 Å². The van der Waals surface area contributed by atoms with Crippen molar-refractivity contribution in [3.05, 3.63) is 63.5 Å². The molecular weight excluding hydrogens is 404 g/mol. The van der Waals surface area contributed by atoms with Crippen LogP contribution in [0.5, 0.6) is 11.5 Å². The van der Waals surface area contributed by atoms with Crippen molar-refractivity contribution in [3.8, 4) is 22.9 Å². The van der Waals surface area contributed by atoms with E-state index in [-0.39, 0.29) is 36.2 Å². The summed E-state index contributed by atoms with van der Waals surface area (Å²) in [5.41, 5.74) is 0.418. The molecule has 1 N–H and O–H groups in total. The van der Waals surface area contributed by atoms with Gasteiger partial charge in [-0.1, -0.05) is 28.9 Å². The molecule has 2 aromatic carbocycles. The summed E-state index contributed by atoms with van der Waals surface area (Å²) < 4.78 is 15.4. The maximum atomic E-state index is 12.0. The molecule has 0 aliphatic carbocycles. The molecule has 1 amide bonds. The molecular formula is C18H15ClN4O6. The molecule has 3 rings (SSSR count). The van der Waals surface area contributed by atoms with Gasteiger partial charge in [0.25, 0.3) is 5.91 Å². The average molecular weight is 419 g/mol.